The summed E-state index contributed by atoms with van der Waals surface area (Å²) < 4.78 is 0. The zero-order valence-corrected chi connectivity index (χ0v) is 11.4. The van der Waals surface area contributed by atoms with Crippen molar-refractivity contribution in [3.63, 3.8) is 0 Å². The van der Waals surface area contributed by atoms with Crippen LogP contribution in [0.25, 0.3) is 0 Å². The molecule has 0 amide bonds. The van der Waals surface area contributed by atoms with E-state index in [4.69, 9.17) is 0 Å². The second-order valence-corrected chi connectivity index (χ2v) is 5.33. The second-order valence-electron chi connectivity index (χ2n) is 3.85. The summed E-state index contributed by atoms with van der Waals surface area (Å²) in [5, 5.41) is 0. The van der Waals surface area contributed by atoms with Gasteiger partial charge in [-0.15, -0.1) is 0 Å². The van der Waals surface area contributed by atoms with E-state index in [0.29, 0.717) is 0 Å². The summed E-state index contributed by atoms with van der Waals surface area (Å²) in [6.45, 7) is 12.9. The zero-order chi connectivity index (χ0) is 9.56. The van der Waals surface area contributed by atoms with Gasteiger partial charge in [-0.1, -0.05) is 39.7 Å². The smallest absolute Gasteiger partial charge is 0.00711 e. The number of hydrogen-bond acceptors (Lipinski definition) is 1. The van der Waals surface area contributed by atoms with Gasteiger partial charge >= 0.3 is 0 Å². The van der Waals surface area contributed by atoms with Crippen LogP contribution in [0.4, 0.5) is 0 Å². The first-order chi connectivity index (χ1) is 5.65. The summed E-state index contributed by atoms with van der Waals surface area (Å²) in [6.07, 6.45) is 1.37. The van der Waals surface area contributed by atoms with E-state index in [-0.39, 0.29) is 0 Å². The molecular weight excluding hydrogens is 162 g/mol. The molecule has 2 unspecified atom stereocenters. The molecule has 74 valence electrons. The molecule has 0 aromatic carbocycles. The zero-order valence-electron chi connectivity index (χ0n) is 9.43. The molecule has 2 heteroatoms. The summed E-state index contributed by atoms with van der Waals surface area (Å²) >= 11 is 0. The van der Waals surface area contributed by atoms with Crippen LogP contribution < -0.4 is 0 Å². The molecule has 0 aromatic rings. The normalized spacial score (nSPS) is 16.8. The monoisotopic (exact) mass is 187 g/mol. The molecule has 0 bridgehead atoms. The van der Waals surface area contributed by atoms with E-state index in [1.165, 1.54) is 36.3 Å². The quantitative estimate of drug-likeness (QED) is 0.570. The molecule has 0 aromatic heterocycles. The van der Waals surface area contributed by atoms with Crippen LogP contribution in [0.1, 0.15) is 34.1 Å². The first kappa shape index (κ1) is 12.2. The van der Waals surface area contributed by atoms with E-state index >= 15 is 0 Å². The van der Waals surface area contributed by atoms with Crippen molar-refractivity contribution in [3.05, 3.63) is 0 Å². The molecule has 0 heterocycles. The van der Waals surface area contributed by atoms with Gasteiger partial charge in [0, 0.05) is 16.8 Å². The molecule has 0 aliphatic carbocycles. The summed E-state index contributed by atoms with van der Waals surface area (Å²) in [6, 6.07) is 0. The van der Waals surface area contributed by atoms with Crippen molar-refractivity contribution in [1.29, 1.82) is 0 Å². The summed E-state index contributed by atoms with van der Waals surface area (Å²) in [4.78, 5) is 2.53. The third kappa shape index (κ3) is 4.26. The molecule has 2 atom stereocenters. The van der Waals surface area contributed by atoms with E-state index in [1.54, 1.807) is 0 Å². The van der Waals surface area contributed by atoms with Crippen molar-refractivity contribution < 1.29 is 0 Å². The van der Waals surface area contributed by atoms with Gasteiger partial charge in [0.15, 0.2) is 0 Å². The van der Waals surface area contributed by atoms with Gasteiger partial charge in [-0.3, -0.25) is 0 Å². The second kappa shape index (κ2) is 6.67. The van der Waals surface area contributed by atoms with Gasteiger partial charge in [-0.25, -0.2) is 0 Å². The predicted molar refractivity (Wildman–Crippen MR) is 60.9 cm³/mol. The maximum atomic E-state index is 2.53. The van der Waals surface area contributed by atoms with Crippen molar-refractivity contribution in [2.45, 2.75) is 39.7 Å². The molecule has 12 heavy (non-hydrogen) atoms. The van der Waals surface area contributed by atoms with Gasteiger partial charge in [0.25, 0.3) is 0 Å². The molecule has 0 rings (SSSR count). The highest BCUT2D eigenvalue weighted by molar-refractivity contribution is 6.11. The Hall–Kier alpha value is 0.177. The molecule has 0 saturated carbocycles. The fraction of sp³-hybridized carbons (Fsp3) is 1.00. The Labute approximate surface area is 81.0 Å². The number of rotatable bonds is 6. The average Bonchev–Trinajstić information content (AvgIpc) is 2.12. The highest BCUT2D eigenvalue weighted by Gasteiger charge is 2.12. The number of nitrogens with zero attached hydrogens (tertiary/aromatic N) is 1. The molecule has 1 nitrogen and oxygen atoms in total. The summed E-state index contributed by atoms with van der Waals surface area (Å²) in [5.41, 5.74) is 1.01. The largest absolute Gasteiger partial charge is 0.304 e. The van der Waals surface area contributed by atoms with Crippen LogP contribution in [-0.2, 0) is 0 Å². The third-order valence-electron chi connectivity index (χ3n) is 3.06. The van der Waals surface area contributed by atoms with Gasteiger partial charge in [0.2, 0.25) is 0 Å². The molecule has 0 radical (unpaired) electrons. The SMILES string of the molecule is CCC([SiH3])C(C)CN(CC)CC. The van der Waals surface area contributed by atoms with E-state index in [0.717, 1.165) is 11.5 Å². The van der Waals surface area contributed by atoms with E-state index in [2.05, 4.69) is 32.6 Å². The Morgan fingerprint density at radius 1 is 1.17 bits per heavy atom. The lowest BCUT2D eigenvalue weighted by Gasteiger charge is -2.26. The maximum absolute atomic E-state index is 2.53. The molecule has 0 saturated heterocycles. The fourth-order valence-corrected chi connectivity index (χ4v) is 1.68. The van der Waals surface area contributed by atoms with Crippen molar-refractivity contribution in [2.24, 2.45) is 5.92 Å². The minimum atomic E-state index is 0.904. The minimum Gasteiger partial charge on any atom is -0.304 e. The standard InChI is InChI=1S/C10H25NSi/c1-5-10(12)9(4)8-11(6-2)7-3/h9-10H,5-8H2,1-4,12H3. The summed E-state index contributed by atoms with van der Waals surface area (Å²) in [5.74, 6) is 0.904. The third-order valence-corrected chi connectivity index (χ3v) is 5.01. The van der Waals surface area contributed by atoms with Crippen LogP contribution >= 0.6 is 0 Å². The highest BCUT2D eigenvalue weighted by atomic mass is 28.1. The highest BCUT2D eigenvalue weighted by Crippen LogP contribution is 2.18. The van der Waals surface area contributed by atoms with Crippen molar-refractivity contribution in [3.8, 4) is 0 Å². The maximum Gasteiger partial charge on any atom is 0.00711 e. The Morgan fingerprint density at radius 3 is 2.00 bits per heavy atom. The predicted octanol–water partition coefficient (Wildman–Crippen LogP) is 1.53. The summed E-state index contributed by atoms with van der Waals surface area (Å²) in [7, 11) is 1.36. The Morgan fingerprint density at radius 2 is 1.67 bits per heavy atom. The van der Waals surface area contributed by atoms with Crippen LogP contribution in [0, 0.1) is 5.92 Å². The van der Waals surface area contributed by atoms with E-state index in [1.807, 2.05) is 0 Å². The van der Waals surface area contributed by atoms with Gasteiger partial charge in [-0.05, 0) is 19.0 Å². The van der Waals surface area contributed by atoms with Gasteiger partial charge in [0.1, 0.15) is 0 Å². The van der Waals surface area contributed by atoms with Crippen molar-refractivity contribution in [2.75, 3.05) is 19.6 Å². The molecule has 0 aliphatic rings. The fourth-order valence-electron chi connectivity index (χ4n) is 1.47. The molecular formula is C10H25NSi. The van der Waals surface area contributed by atoms with Crippen molar-refractivity contribution in [1.82, 2.24) is 4.90 Å². The Balaban J connectivity index is 3.72. The lowest BCUT2D eigenvalue weighted by Crippen LogP contribution is -2.29. The van der Waals surface area contributed by atoms with E-state index in [9.17, 15) is 0 Å². The molecule has 0 aliphatic heterocycles. The van der Waals surface area contributed by atoms with Crippen LogP contribution in [0.3, 0.4) is 0 Å². The van der Waals surface area contributed by atoms with Crippen LogP contribution in [0.5, 0.6) is 0 Å². The van der Waals surface area contributed by atoms with Crippen molar-refractivity contribution >= 4 is 10.2 Å². The minimum absolute atomic E-state index is 0.904. The average molecular weight is 187 g/mol. The van der Waals surface area contributed by atoms with Crippen LogP contribution in [0.2, 0.25) is 5.54 Å². The van der Waals surface area contributed by atoms with Gasteiger partial charge in [-0.2, -0.15) is 0 Å². The topological polar surface area (TPSA) is 3.24 Å². The van der Waals surface area contributed by atoms with Gasteiger partial charge < -0.3 is 4.90 Å². The Kier molecular flexibility index (Phi) is 6.77. The van der Waals surface area contributed by atoms with Gasteiger partial charge in [0.05, 0.1) is 0 Å². The lowest BCUT2D eigenvalue weighted by molar-refractivity contribution is 0.254. The van der Waals surface area contributed by atoms with Crippen LogP contribution in [0.15, 0.2) is 0 Å². The van der Waals surface area contributed by atoms with E-state index < -0.39 is 0 Å². The first-order valence-corrected chi connectivity index (χ1v) is 6.53. The Bertz CT molecular complexity index is 102. The number of hydrogen-bond donors (Lipinski definition) is 0. The molecule has 0 N–H and O–H groups in total. The first-order valence-electron chi connectivity index (χ1n) is 5.37. The molecule has 0 fully saturated rings. The lowest BCUT2D eigenvalue weighted by atomic mass is 10.0. The van der Waals surface area contributed by atoms with Crippen LogP contribution in [-0.4, -0.2) is 34.8 Å². The molecule has 0 spiro atoms.